The second-order valence-electron chi connectivity index (χ2n) is 9.63. The number of halogens is 1. The number of hydrogen-bond acceptors (Lipinski definition) is 9. The molecule has 2 aliphatic rings. The van der Waals surface area contributed by atoms with E-state index in [9.17, 15) is 14.7 Å². The lowest BCUT2D eigenvalue weighted by molar-refractivity contribution is -0.148. The molecule has 0 saturated carbocycles. The average molecular weight is 617 g/mol. The first kappa shape index (κ1) is 29.6. The van der Waals surface area contributed by atoms with E-state index in [4.69, 9.17) is 28.7 Å². The number of allylic oxidation sites excluding steroid dienone is 2. The van der Waals surface area contributed by atoms with Crippen molar-refractivity contribution in [3.8, 4) is 23.0 Å². The number of phenols is 1. The molecule has 1 heterocycles. The Morgan fingerprint density at radius 2 is 1.70 bits per heavy atom. The van der Waals surface area contributed by atoms with Gasteiger partial charge in [0.05, 0.1) is 32.4 Å². The molecule has 0 bridgehead atoms. The van der Waals surface area contributed by atoms with Crippen LogP contribution in [-0.4, -0.2) is 63.7 Å². The van der Waals surface area contributed by atoms with Crippen LogP contribution in [0.4, 0.5) is 0 Å². The molecule has 2 aromatic rings. The van der Waals surface area contributed by atoms with Gasteiger partial charge in [0.1, 0.15) is 12.5 Å². The SMILES string of the molecule is CCOCCOC(=O)C1C(C)=NC2=C(C(=O)C[C@@H](c3ccc(OC)c(OC)c3)C2)[C@H]1c1cc(Br)c(O)c(OC)c1. The minimum Gasteiger partial charge on any atom is -0.503 e. The van der Waals surface area contributed by atoms with Gasteiger partial charge in [-0.25, -0.2) is 0 Å². The average Bonchev–Trinajstić information content (AvgIpc) is 2.95. The number of carbonyl (C=O) groups is 2. The van der Waals surface area contributed by atoms with Gasteiger partial charge in [0.15, 0.2) is 28.8 Å². The number of carbonyl (C=O) groups excluding carboxylic acids is 2. The van der Waals surface area contributed by atoms with Crippen molar-refractivity contribution in [2.45, 2.75) is 38.5 Å². The number of hydrogen-bond donors (Lipinski definition) is 1. The van der Waals surface area contributed by atoms with Crippen LogP contribution in [0.5, 0.6) is 23.0 Å². The fourth-order valence-electron chi connectivity index (χ4n) is 5.43. The highest BCUT2D eigenvalue weighted by molar-refractivity contribution is 9.10. The van der Waals surface area contributed by atoms with Crippen LogP contribution in [0.25, 0.3) is 0 Å². The van der Waals surface area contributed by atoms with Crippen molar-refractivity contribution < 1.29 is 38.4 Å². The molecule has 0 aromatic heterocycles. The number of aromatic hydroxyl groups is 1. The Morgan fingerprint density at radius 3 is 2.38 bits per heavy atom. The van der Waals surface area contributed by atoms with Gasteiger partial charge in [0.25, 0.3) is 0 Å². The molecule has 0 radical (unpaired) electrons. The van der Waals surface area contributed by atoms with E-state index in [1.54, 1.807) is 33.3 Å². The van der Waals surface area contributed by atoms with E-state index < -0.39 is 17.8 Å². The van der Waals surface area contributed by atoms with E-state index >= 15 is 0 Å². The third kappa shape index (κ3) is 5.88. The van der Waals surface area contributed by atoms with Gasteiger partial charge >= 0.3 is 5.97 Å². The molecule has 10 heteroatoms. The number of esters is 1. The van der Waals surface area contributed by atoms with Gasteiger partial charge in [-0.15, -0.1) is 0 Å². The Hall–Kier alpha value is -3.37. The summed E-state index contributed by atoms with van der Waals surface area (Å²) in [6.45, 7) is 4.52. The van der Waals surface area contributed by atoms with Crippen LogP contribution < -0.4 is 14.2 Å². The molecular weight excluding hydrogens is 582 g/mol. The van der Waals surface area contributed by atoms with Crippen molar-refractivity contribution in [1.82, 2.24) is 0 Å². The van der Waals surface area contributed by atoms with Crippen molar-refractivity contribution in [3.63, 3.8) is 0 Å². The Labute approximate surface area is 242 Å². The first-order valence-electron chi connectivity index (χ1n) is 13.1. The molecular formula is C30H34BrNO8. The van der Waals surface area contributed by atoms with Crippen LogP contribution in [0.2, 0.25) is 0 Å². The first-order valence-corrected chi connectivity index (χ1v) is 13.9. The fraction of sp³-hybridized carbons (Fsp3) is 0.433. The molecule has 0 saturated heterocycles. The van der Waals surface area contributed by atoms with Gasteiger partial charge in [-0.2, -0.15) is 0 Å². The van der Waals surface area contributed by atoms with Gasteiger partial charge < -0.3 is 28.8 Å². The molecule has 0 amide bonds. The number of Topliss-reactive ketones (excluding diaryl/α,β-unsaturated/α-hetero) is 1. The molecule has 1 aliphatic heterocycles. The maximum Gasteiger partial charge on any atom is 0.315 e. The standard InChI is InChI=1S/C30H34BrNO8/c1-6-39-9-10-40-30(35)26-16(2)32-21-12-18(17-7-8-23(36-3)24(14-17)37-4)13-22(33)28(21)27(26)19-11-20(31)29(34)25(15-19)38-5/h7-8,11,14-15,18,26-27,34H,6,9-10,12-13H2,1-5H3/t18-,26?,27-/m0/s1. The highest BCUT2D eigenvalue weighted by atomic mass is 79.9. The zero-order chi connectivity index (χ0) is 29.0. The van der Waals surface area contributed by atoms with Gasteiger partial charge in [0, 0.05) is 35.9 Å². The van der Waals surface area contributed by atoms with Gasteiger partial charge in [-0.3, -0.25) is 14.6 Å². The van der Waals surface area contributed by atoms with Gasteiger partial charge in [0.2, 0.25) is 0 Å². The number of aliphatic imine (C=N–C) groups is 1. The highest BCUT2D eigenvalue weighted by Crippen LogP contribution is 2.49. The maximum atomic E-state index is 13.9. The zero-order valence-electron chi connectivity index (χ0n) is 23.3. The monoisotopic (exact) mass is 615 g/mol. The molecule has 40 heavy (non-hydrogen) atoms. The van der Waals surface area contributed by atoms with E-state index in [-0.39, 0.29) is 42.8 Å². The molecule has 4 rings (SSSR count). The Morgan fingerprint density at radius 1 is 1.00 bits per heavy atom. The Bertz CT molecular complexity index is 1350. The lowest BCUT2D eigenvalue weighted by Gasteiger charge is -2.36. The summed E-state index contributed by atoms with van der Waals surface area (Å²) in [5, 5.41) is 10.4. The molecule has 3 atom stereocenters. The number of ketones is 1. The molecule has 2 aromatic carbocycles. The summed E-state index contributed by atoms with van der Waals surface area (Å²) in [6, 6.07) is 9.01. The summed E-state index contributed by atoms with van der Waals surface area (Å²) >= 11 is 3.39. The second-order valence-corrected chi connectivity index (χ2v) is 10.5. The first-order chi connectivity index (χ1) is 19.2. The van der Waals surface area contributed by atoms with E-state index in [1.165, 1.54) is 7.11 Å². The number of rotatable bonds is 10. The molecule has 1 unspecified atom stereocenters. The van der Waals surface area contributed by atoms with Crippen molar-refractivity contribution in [3.05, 3.63) is 57.2 Å². The number of phenolic OH excluding ortho intramolecular Hbond substituents is 1. The predicted octanol–water partition coefficient (Wildman–Crippen LogP) is 5.34. The lowest BCUT2D eigenvalue weighted by Crippen LogP contribution is -2.38. The van der Waals surface area contributed by atoms with Crippen LogP contribution in [-0.2, 0) is 19.1 Å². The number of ether oxygens (including phenoxy) is 5. The number of methoxy groups -OCH3 is 3. The van der Waals surface area contributed by atoms with Crippen LogP contribution >= 0.6 is 15.9 Å². The van der Waals surface area contributed by atoms with Crippen molar-refractivity contribution in [2.24, 2.45) is 10.9 Å². The molecule has 1 aliphatic carbocycles. The fourth-order valence-corrected chi connectivity index (χ4v) is 5.89. The van der Waals surface area contributed by atoms with Crippen LogP contribution in [0.1, 0.15) is 49.7 Å². The molecule has 0 fully saturated rings. The van der Waals surface area contributed by atoms with Crippen LogP contribution in [0.3, 0.4) is 0 Å². The van der Waals surface area contributed by atoms with Crippen molar-refractivity contribution in [2.75, 3.05) is 41.2 Å². The third-order valence-electron chi connectivity index (χ3n) is 7.33. The number of nitrogens with zero attached hydrogens (tertiary/aromatic N) is 1. The summed E-state index contributed by atoms with van der Waals surface area (Å²) in [7, 11) is 4.60. The normalized spacial score (nSPS) is 20.5. The zero-order valence-corrected chi connectivity index (χ0v) is 24.9. The molecule has 1 N–H and O–H groups in total. The lowest BCUT2D eigenvalue weighted by atomic mass is 9.69. The van der Waals surface area contributed by atoms with Crippen LogP contribution in [0.15, 0.2) is 51.1 Å². The molecule has 9 nitrogen and oxygen atoms in total. The second kappa shape index (κ2) is 12.9. The van der Waals surface area contributed by atoms with E-state index in [2.05, 4.69) is 15.9 Å². The molecule has 0 spiro atoms. The molecule has 214 valence electrons. The predicted molar refractivity (Wildman–Crippen MR) is 153 cm³/mol. The maximum absolute atomic E-state index is 13.9. The Kier molecular flexibility index (Phi) is 9.52. The minimum absolute atomic E-state index is 0.0685. The smallest absolute Gasteiger partial charge is 0.315 e. The largest absolute Gasteiger partial charge is 0.503 e. The topological polar surface area (TPSA) is 113 Å². The summed E-state index contributed by atoms with van der Waals surface area (Å²) in [5.41, 5.74) is 3.24. The summed E-state index contributed by atoms with van der Waals surface area (Å²) < 4.78 is 27.5. The Balaban J connectivity index is 1.78. The van der Waals surface area contributed by atoms with Crippen molar-refractivity contribution in [1.29, 1.82) is 0 Å². The van der Waals surface area contributed by atoms with E-state index in [0.29, 0.717) is 51.5 Å². The van der Waals surface area contributed by atoms with Gasteiger partial charge in [-0.05, 0) is 77.5 Å². The minimum atomic E-state index is -0.830. The van der Waals surface area contributed by atoms with Gasteiger partial charge in [-0.1, -0.05) is 6.07 Å². The van der Waals surface area contributed by atoms with E-state index in [1.807, 2.05) is 25.1 Å². The van der Waals surface area contributed by atoms with Crippen LogP contribution in [0, 0.1) is 5.92 Å². The third-order valence-corrected chi connectivity index (χ3v) is 7.93. The summed E-state index contributed by atoms with van der Waals surface area (Å²) in [5.74, 6) is -0.865. The summed E-state index contributed by atoms with van der Waals surface area (Å²) in [4.78, 5) is 32.2. The summed E-state index contributed by atoms with van der Waals surface area (Å²) in [6.07, 6.45) is 0.745. The number of benzene rings is 2. The highest BCUT2D eigenvalue weighted by Gasteiger charge is 2.45. The quantitative estimate of drug-likeness (QED) is 0.282. The van der Waals surface area contributed by atoms with E-state index in [0.717, 1.165) is 5.56 Å². The van der Waals surface area contributed by atoms with Crippen molar-refractivity contribution >= 4 is 33.4 Å².